The third-order valence-corrected chi connectivity index (χ3v) is 4.52. The Morgan fingerprint density at radius 3 is 2.88 bits per heavy atom. The first-order valence-corrected chi connectivity index (χ1v) is 8.52. The Kier molecular flexibility index (Phi) is 4.09. The minimum Gasteiger partial charge on any atom is -0.496 e. The molecule has 2 aromatic carbocycles. The number of hydrogen-bond acceptors (Lipinski definition) is 4. The number of ether oxygens (including phenoxy) is 1. The number of carbonyl (C=O) groups is 1. The fourth-order valence-electron chi connectivity index (χ4n) is 2.89. The number of methoxy groups -OCH3 is 1. The van der Waals surface area contributed by atoms with Crippen LogP contribution in [0.5, 0.6) is 5.75 Å². The molecule has 5 nitrogen and oxygen atoms in total. The van der Waals surface area contributed by atoms with Gasteiger partial charge in [0.2, 0.25) is 5.89 Å². The molecular formula is C19H17ClN2O3. The summed E-state index contributed by atoms with van der Waals surface area (Å²) >= 11 is 6.00. The molecule has 0 saturated heterocycles. The second kappa shape index (κ2) is 6.41. The zero-order chi connectivity index (χ0) is 17.4. The smallest absolute Gasteiger partial charge is 0.258 e. The van der Waals surface area contributed by atoms with Gasteiger partial charge in [0.1, 0.15) is 11.3 Å². The monoisotopic (exact) mass is 356 g/mol. The fraction of sp³-hybridized carbons (Fsp3) is 0.263. The average Bonchev–Trinajstić information content (AvgIpc) is 3.39. The van der Waals surface area contributed by atoms with Gasteiger partial charge in [0.05, 0.1) is 19.2 Å². The largest absolute Gasteiger partial charge is 0.496 e. The summed E-state index contributed by atoms with van der Waals surface area (Å²) in [7, 11) is 1.57. The second-order valence-corrected chi connectivity index (χ2v) is 6.52. The first-order chi connectivity index (χ1) is 12.2. The number of halogens is 1. The Morgan fingerprint density at radius 1 is 1.32 bits per heavy atom. The number of nitrogens with zero attached hydrogens (tertiary/aromatic N) is 2. The Morgan fingerprint density at radius 2 is 2.12 bits per heavy atom. The van der Waals surface area contributed by atoms with E-state index in [0.29, 0.717) is 39.9 Å². The Hall–Kier alpha value is -2.53. The lowest BCUT2D eigenvalue weighted by atomic mass is 10.1. The minimum atomic E-state index is -0.0692. The van der Waals surface area contributed by atoms with Crippen LogP contribution in [0.3, 0.4) is 0 Å². The van der Waals surface area contributed by atoms with Gasteiger partial charge < -0.3 is 14.1 Å². The topological polar surface area (TPSA) is 55.6 Å². The molecule has 0 N–H and O–H groups in total. The molecule has 1 fully saturated rings. The molecule has 0 aliphatic heterocycles. The summed E-state index contributed by atoms with van der Waals surface area (Å²) in [5.41, 5.74) is 1.92. The van der Waals surface area contributed by atoms with Gasteiger partial charge in [0.25, 0.3) is 5.91 Å². The van der Waals surface area contributed by atoms with Crippen LogP contribution in [-0.4, -0.2) is 28.9 Å². The van der Waals surface area contributed by atoms with Crippen LogP contribution in [0, 0.1) is 0 Å². The van der Waals surface area contributed by atoms with E-state index in [1.54, 1.807) is 37.4 Å². The Labute approximate surface area is 150 Å². The van der Waals surface area contributed by atoms with Gasteiger partial charge in [-0.1, -0.05) is 23.7 Å². The summed E-state index contributed by atoms with van der Waals surface area (Å²) in [6.45, 7) is 0.327. The lowest BCUT2D eigenvalue weighted by Crippen LogP contribution is -2.33. The van der Waals surface area contributed by atoms with E-state index in [1.165, 1.54) is 0 Å². The van der Waals surface area contributed by atoms with E-state index in [0.717, 1.165) is 12.8 Å². The van der Waals surface area contributed by atoms with Crippen molar-refractivity contribution in [1.82, 2.24) is 9.88 Å². The van der Waals surface area contributed by atoms with E-state index >= 15 is 0 Å². The number of fused-ring (bicyclic) bond motifs is 1. The number of rotatable bonds is 5. The second-order valence-electron chi connectivity index (χ2n) is 6.08. The maximum Gasteiger partial charge on any atom is 0.258 e. The highest BCUT2D eigenvalue weighted by Crippen LogP contribution is 2.32. The molecule has 1 aliphatic rings. The minimum absolute atomic E-state index is 0.0692. The SMILES string of the molecule is COc1ccccc1C(=O)N(Cc1nc2cc(Cl)ccc2o1)C1CC1. The molecule has 6 heteroatoms. The molecule has 1 heterocycles. The van der Waals surface area contributed by atoms with Gasteiger partial charge in [-0.05, 0) is 43.2 Å². The molecule has 0 spiro atoms. The van der Waals surface area contributed by atoms with Gasteiger partial charge in [-0.15, -0.1) is 0 Å². The highest BCUT2D eigenvalue weighted by molar-refractivity contribution is 6.31. The summed E-state index contributed by atoms with van der Waals surface area (Å²) in [5.74, 6) is 1.01. The van der Waals surface area contributed by atoms with Crippen molar-refractivity contribution in [2.24, 2.45) is 0 Å². The number of benzene rings is 2. The molecule has 1 saturated carbocycles. The zero-order valence-electron chi connectivity index (χ0n) is 13.7. The molecule has 1 aliphatic carbocycles. The number of carbonyl (C=O) groups excluding carboxylic acids is 1. The van der Waals surface area contributed by atoms with Crippen LogP contribution in [0.15, 0.2) is 46.9 Å². The van der Waals surface area contributed by atoms with E-state index in [1.807, 2.05) is 17.0 Å². The molecule has 0 bridgehead atoms. The Balaban J connectivity index is 1.63. The summed E-state index contributed by atoms with van der Waals surface area (Å²) in [6, 6.07) is 12.8. The molecule has 0 atom stereocenters. The Bertz CT molecular complexity index is 933. The van der Waals surface area contributed by atoms with E-state index in [2.05, 4.69) is 4.98 Å². The maximum atomic E-state index is 13.0. The predicted octanol–water partition coefficient (Wildman–Crippen LogP) is 4.29. The van der Waals surface area contributed by atoms with Crippen LogP contribution in [0.1, 0.15) is 29.1 Å². The van der Waals surface area contributed by atoms with Gasteiger partial charge in [0.15, 0.2) is 5.58 Å². The first kappa shape index (κ1) is 16.0. The van der Waals surface area contributed by atoms with Gasteiger partial charge in [0, 0.05) is 11.1 Å². The molecule has 0 unspecified atom stereocenters. The van der Waals surface area contributed by atoms with Crippen LogP contribution in [-0.2, 0) is 6.54 Å². The summed E-state index contributed by atoms with van der Waals surface area (Å²) in [4.78, 5) is 19.3. The molecule has 4 rings (SSSR count). The number of hydrogen-bond donors (Lipinski definition) is 0. The highest BCUT2D eigenvalue weighted by atomic mass is 35.5. The van der Waals surface area contributed by atoms with Crippen LogP contribution in [0.4, 0.5) is 0 Å². The third kappa shape index (κ3) is 3.20. The van der Waals surface area contributed by atoms with Crippen LogP contribution < -0.4 is 4.74 Å². The normalized spacial score (nSPS) is 13.8. The van der Waals surface area contributed by atoms with Crippen molar-refractivity contribution < 1.29 is 13.9 Å². The molecule has 1 amide bonds. The first-order valence-electron chi connectivity index (χ1n) is 8.14. The van der Waals surface area contributed by atoms with Crippen LogP contribution >= 0.6 is 11.6 Å². The van der Waals surface area contributed by atoms with E-state index in [-0.39, 0.29) is 11.9 Å². The standard InChI is InChI=1S/C19H17ClN2O3/c1-24-16-5-3-2-4-14(16)19(23)22(13-7-8-13)11-18-21-15-10-12(20)6-9-17(15)25-18/h2-6,9-10,13H,7-8,11H2,1H3. The van der Waals surface area contributed by atoms with Crippen LogP contribution in [0.25, 0.3) is 11.1 Å². The van der Waals surface area contributed by atoms with Gasteiger partial charge in [-0.2, -0.15) is 0 Å². The number of oxazole rings is 1. The average molecular weight is 357 g/mol. The van der Waals surface area contributed by atoms with Gasteiger partial charge >= 0.3 is 0 Å². The van der Waals surface area contributed by atoms with Crippen molar-refractivity contribution in [2.45, 2.75) is 25.4 Å². The lowest BCUT2D eigenvalue weighted by molar-refractivity contribution is 0.0712. The quantitative estimate of drug-likeness (QED) is 0.684. The number of aromatic nitrogens is 1. The molecule has 128 valence electrons. The molecular weight excluding hydrogens is 340 g/mol. The zero-order valence-corrected chi connectivity index (χ0v) is 14.5. The van der Waals surface area contributed by atoms with Gasteiger partial charge in [-0.25, -0.2) is 4.98 Å². The van der Waals surface area contributed by atoms with Crippen molar-refractivity contribution >= 4 is 28.6 Å². The van der Waals surface area contributed by atoms with Crippen molar-refractivity contribution in [2.75, 3.05) is 7.11 Å². The lowest BCUT2D eigenvalue weighted by Gasteiger charge is -2.21. The van der Waals surface area contributed by atoms with E-state index in [4.69, 9.17) is 20.8 Å². The van der Waals surface area contributed by atoms with E-state index in [9.17, 15) is 4.79 Å². The molecule has 1 aromatic heterocycles. The van der Waals surface area contributed by atoms with Crippen molar-refractivity contribution in [1.29, 1.82) is 0 Å². The highest BCUT2D eigenvalue weighted by Gasteiger charge is 2.35. The molecule has 25 heavy (non-hydrogen) atoms. The molecule has 0 radical (unpaired) electrons. The summed E-state index contributed by atoms with van der Waals surface area (Å²) in [5, 5.41) is 0.608. The number of para-hydroxylation sites is 1. The predicted molar refractivity (Wildman–Crippen MR) is 94.9 cm³/mol. The summed E-state index contributed by atoms with van der Waals surface area (Å²) < 4.78 is 11.1. The summed E-state index contributed by atoms with van der Waals surface area (Å²) in [6.07, 6.45) is 1.99. The fourth-order valence-corrected chi connectivity index (χ4v) is 3.06. The third-order valence-electron chi connectivity index (χ3n) is 4.29. The van der Waals surface area contributed by atoms with Crippen molar-refractivity contribution in [3.8, 4) is 5.75 Å². The van der Waals surface area contributed by atoms with Gasteiger partial charge in [-0.3, -0.25) is 4.79 Å². The number of amides is 1. The molecule has 3 aromatic rings. The van der Waals surface area contributed by atoms with Crippen molar-refractivity contribution in [3.63, 3.8) is 0 Å². The van der Waals surface area contributed by atoms with Crippen LogP contribution in [0.2, 0.25) is 5.02 Å². The van der Waals surface area contributed by atoms with E-state index < -0.39 is 0 Å². The maximum absolute atomic E-state index is 13.0. The van der Waals surface area contributed by atoms with Crippen molar-refractivity contribution in [3.05, 3.63) is 58.9 Å².